The van der Waals surface area contributed by atoms with E-state index < -0.39 is 0 Å². The minimum atomic E-state index is 0.857. The zero-order valence-corrected chi connectivity index (χ0v) is 6.77. The summed E-state index contributed by atoms with van der Waals surface area (Å²) in [5, 5.41) is 3.70. The van der Waals surface area contributed by atoms with E-state index in [0.29, 0.717) is 0 Å². The fraction of sp³-hybridized carbons (Fsp3) is 1.00. The van der Waals surface area contributed by atoms with Crippen LogP contribution < -0.4 is 5.32 Å². The Morgan fingerprint density at radius 3 is 3.00 bits per heavy atom. The second kappa shape index (κ2) is 2.54. The fourth-order valence-corrected chi connectivity index (χ4v) is 2.56. The van der Waals surface area contributed by atoms with Crippen molar-refractivity contribution in [2.45, 2.75) is 51.1 Å². The lowest BCUT2D eigenvalue weighted by Crippen LogP contribution is -2.28. The second-order valence-electron chi connectivity index (χ2n) is 3.81. The molecular weight excluding hydrogens is 122 g/mol. The molecule has 0 bridgehead atoms. The van der Waals surface area contributed by atoms with Gasteiger partial charge in [0.15, 0.2) is 0 Å². The van der Waals surface area contributed by atoms with Crippen molar-refractivity contribution < 1.29 is 0 Å². The summed E-state index contributed by atoms with van der Waals surface area (Å²) >= 11 is 0. The van der Waals surface area contributed by atoms with E-state index in [4.69, 9.17) is 0 Å². The quantitative estimate of drug-likeness (QED) is 0.585. The smallest absolute Gasteiger partial charge is 0.00984 e. The van der Waals surface area contributed by atoms with Crippen LogP contribution in [-0.2, 0) is 0 Å². The molecule has 1 saturated carbocycles. The lowest BCUT2D eigenvalue weighted by molar-refractivity contribution is 0.513. The summed E-state index contributed by atoms with van der Waals surface area (Å²) in [5.41, 5.74) is 0. The number of rotatable bonds is 1. The molecule has 0 amide bonds. The highest BCUT2D eigenvalue weighted by atomic mass is 15.0. The van der Waals surface area contributed by atoms with Gasteiger partial charge in [0.25, 0.3) is 0 Å². The van der Waals surface area contributed by atoms with Crippen LogP contribution in [0.25, 0.3) is 0 Å². The van der Waals surface area contributed by atoms with Gasteiger partial charge in [-0.3, -0.25) is 0 Å². The average Bonchev–Trinajstić information content (AvgIpc) is 2.42. The molecule has 2 rings (SSSR count). The van der Waals surface area contributed by atoms with Crippen molar-refractivity contribution in [1.82, 2.24) is 5.32 Å². The first-order valence-corrected chi connectivity index (χ1v) is 4.66. The average molecular weight is 139 g/mol. The predicted molar refractivity (Wildman–Crippen MR) is 43.0 cm³/mol. The Morgan fingerprint density at radius 1 is 1.40 bits per heavy atom. The minimum absolute atomic E-state index is 0.857. The van der Waals surface area contributed by atoms with Gasteiger partial charge in [0.2, 0.25) is 0 Å². The molecule has 1 nitrogen and oxygen atoms in total. The lowest BCUT2D eigenvalue weighted by Gasteiger charge is -2.09. The maximum atomic E-state index is 3.70. The summed E-state index contributed by atoms with van der Waals surface area (Å²) in [7, 11) is 0. The molecule has 1 aliphatic carbocycles. The van der Waals surface area contributed by atoms with Crippen molar-refractivity contribution in [2.24, 2.45) is 5.92 Å². The Bertz CT molecular complexity index is 110. The van der Waals surface area contributed by atoms with Gasteiger partial charge in [0, 0.05) is 12.1 Å². The Labute approximate surface area is 63.2 Å². The van der Waals surface area contributed by atoms with Gasteiger partial charge < -0.3 is 5.32 Å². The molecule has 1 saturated heterocycles. The van der Waals surface area contributed by atoms with Crippen LogP contribution in [0.2, 0.25) is 0 Å². The minimum Gasteiger partial charge on any atom is -0.311 e. The molecule has 10 heavy (non-hydrogen) atoms. The first-order valence-electron chi connectivity index (χ1n) is 4.66. The summed E-state index contributed by atoms with van der Waals surface area (Å²) in [5.74, 6) is 1.05. The number of fused-ring (bicyclic) bond motifs is 1. The van der Waals surface area contributed by atoms with Crippen molar-refractivity contribution in [1.29, 1.82) is 0 Å². The SMILES string of the molecule is CCC1CC2CCCC2N1. The van der Waals surface area contributed by atoms with Gasteiger partial charge in [-0.05, 0) is 31.6 Å². The van der Waals surface area contributed by atoms with Crippen molar-refractivity contribution in [3.05, 3.63) is 0 Å². The maximum absolute atomic E-state index is 3.70. The third-order valence-electron chi connectivity index (χ3n) is 3.19. The van der Waals surface area contributed by atoms with E-state index in [1.165, 1.54) is 32.1 Å². The van der Waals surface area contributed by atoms with Gasteiger partial charge in [-0.25, -0.2) is 0 Å². The largest absolute Gasteiger partial charge is 0.311 e. The van der Waals surface area contributed by atoms with E-state index in [9.17, 15) is 0 Å². The highest BCUT2D eigenvalue weighted by Gasteiger charge is 2.35. The second-order valence-corrected chi connectivity index (χ2v) is 3.81. The zero-order chi connectivity index (χ0) is 6.97. The molecule has 0 aromatic heterocycles. The molecule has 58 valence electrons. The molecule has 1 N–H and O–H groups in total. The van der Waals surface area contributed by atoms with Crippen LogP contribution in [0, 0.1) is 5.92 Å². The predicted octanol–water partition coefficient (Wildman–Crippen LogP) is 1.93. The van der Waals surface area contributed by atoms with Gasteiger partial charge in [-0.2, -0.15) is 0 Å². The summed E-state index contributed by atoms with van der Waals surface area (Å²) in [6.07, 6.45) is 7.20. The van der Waals surface area contributed by atoms with Gasteiger partial charge in [-0.1, -0.05) is 13.3 Å². The summed E-state index contributed by atoms with van der Waals surface area (Å²) in [6.45, 7) is 2.29. The molecule has 0 radical (unpaired) electrons. The molecule has 2 fully saturated rings. The van der Waals surface area contributed by atoms with Crippen LogP contribution in [0.5, 0.6) is 0 Å². The summed E-state index contributed by atoms with van der Waals surface area (Å²) < 4.78 is 0. The van der Waals surface area contributed by atoms with E-state index in [1.54, 1.807) is 0 Å². The normalized spacial score (nSPS) is 45.9. The van der Waals surface area contributed by atoms with Crippen LogP contribution >= 0.6 is 0 Å². The van der Waals surface area contributed by atoms with Crippen molar-refractivity contribution in [2.75, 3.05) is 0 Å². The van der Waals surface area contributed by atoms with E-state index in [2.05, 4.69) is 12.2 Å². The van der Waals surface area contributed by atoms with Gasteiger partial charge in [-0.15, -0.1) is 0 Å². The topological polar surface area (TPSA) is 12.0 Å². The van der Waals surface area contributed by atoms with E-state index >= 15 is 0 Å². The van der Waals surface area contributed by atoms with E-state index in [-0.39, 0.29) is 0 Å². The van der Waals surface area contributed by atoms with E-state index in [1.807, 2.05) is 0 Å². The number of hydrogen-bond donors (Lipinski definition) is 1. The molecular formula is C9H17N. The zero-order valence-electron chi connectivity index (χ0n) is 6.77. The fourth-order valence-electron chi connectivity index (χ4n) is 2.56. The lowest BCUT2D eigenvalue weighted by atomic mass is 10.0. The highest BCUT2D eigenvalue weighted by Crippen LogP contribution is 2.35. The van der Waals surface area contributed by atoms with Gasteiger partial charge >= 0.3 is 0 Å². The number of hydrogen-bond acceptors (Lipinski definition) is 1. The molecule has 3 unspecified atom stereocenters. The molecule has 0 spiro atoms. The maximum Gasteiger partial charge on any atom is 0.00984 e. The Balaban J connectivity index is 1.94. The third kappa shape index (κ3) is 0.968. The highest BCUT2D eigenvalue weighted by molar-refractivity contribution is 4.93. The molecule has 2 aliphatic rings. The molecule has 1 heterocycles. The van der Waals surface area contributed by atoms with Crippen LogP contribution in [0.3, 0.4) is 0 Å². The van der Waals surface area contributed by atoms with Gasteiger partial charge in [0.1, 0.15) is 0 Å². The van der Waals surface area contributed by atoms with Crippen molar-refractivity contribution in [3.63, 3.8) is 0 Å². The molecule has 1 heteroatoms. The Kier molecular flexibility index (Phi) is 1.69. The van der Waals surface area contributed by atoms with Crippen LogP contribution in [0.4, 0.5) is 0 Å². The Morgan fingerprint density at radius 2 is 2.30 bits per heavy atom. The first kappa shape index (κ1) is 6.66. The van der Waals surface area contributed by atoms with Crippen molar-refractivity contribution in [3.8, 4) is 0 Å². The standard InChI is InChI=1S/C9H17N/c1-2-8-6-7-4-3-5-9(7)10-8/h7-10H,2-6H2,1H3. The van der Waals surface area contributed by atoms with Crippen LogP contribution in [0.15, 0.2) is 0 Å². The molecule has 0 aromatic rings. The van der Waals surface area contributed by atoms with Crippen molar-refractivity contribution >= 4 is 0 Å². The molecule has 0 aromatic carbocycles. The van der Waals surface area contributed by atoms with Crippen LogP contribution in [0.1, 0.15) is 39.0 Å². The Hall–Kier alpha value is -0.0400. The number of nitrogens with one attached hydrogen (secondary N) is 1. The first-order chi connectivity index (χ1) is 4.90. The summed E-state index contributed by atoms with van der Waals surface area (Å²) in [4.78, 5) is 0. The third-order valence-corrected chi connectivity index (χ3v) is 3.19. The summed E-state index contributed by atoms with van der Waals surface area (Å²) in [6, 6.07) is 1.76. The van der Waals surface area contributed by atoms with Gasteiger partial charge in [0.05, 0.1) is 0 Å². The molecule has 3 atom stereocenters. The van der Waals surface area contributed by atoms with Crippen LogP contribution in [-0.4, -0.2) is 12.1 Å². The molecule has 1 aliphatic heterocycles. The monoisotopic (exact) mass is 139 g/mol. The van der Waals surface area contributed by atoms with E-state index in [0.717, 1.165) is 18.0 Å².